The summed E-state index contributed by atoms with van der Waals surface area (Å²) in [6.45, 7) is 6.08. The predicted octanol–water partition coefficient (Wildman–Crippen LogP) is 3.25. The van der Waals surface area contributed by atoms with Crippen LogP contribution in [0.4, 0.5) is 0 Å². The maximum absolute atomic E-state index is 3.31. The molecular formula is C17H28N2. The van der Waals surface area contributed by atoms with Crippen molar-refractivity contribution >= 4 is 0 Å². The lowest BCUT2D eigenvalue weighted by Gasteiger charge is -2.17. The average molecular weight is 260 g/mol. The first-order valence-electron chi connectivity index (χ1n) is 7.74. The summed E-state index contributed by atoms with van der Waals surface area (Å²) in [6.07, 6.45) is 5.31. The van der Waals surface area contributed by atoms with Crippen molar-refractivity contribution in [1.29, 1.82) is 0 Å². The van der Waals surface area contributed by atoms with Gasteiger partial charge in [-0.3, -0.25) is 0 Å². The minimum atomic E-state index is 0.663. The zero-order valence-corrected chi connectivity index (χ0v) is 12.4. The summed E-state index contributed by atoms with van der Waals surface area (Å²) in [6, 6.07) is 11.7. The molecule has 2 atom stereocenters. The number of likely N-dealkylation sites (tertiary alicyclic amines) is 1. The molecule has 1 saturated heterocycles. The second-order valence-corrected chi connectivity index (χ2v) is 5.88. The highest BCUT2D eigenvalue weighted by molar-refractivity contribution is 5.20. The van der Waals surface area contributed by atoms with Gasteiger partial charge in [0.15, 0.2) is 0 Å². The normalized spacial score (nSPS) is 21.7. The molecule has 0 bridgehead atoms. The van der Waals surface area contributed by atoms with E-state index < -0.39 is 0 Å². The first-order valence-corrected chi connectivity index (χ1v) is 7.74. The van der Waals surface area contributed by atoms with Gasteiger partial charge in [0.2, 0.25) is 0 Å². The number of unbranched alkanes of at least 4 members (excludes halogenated alkanes) is 1. The van der Waals surface area contributed by atoms with Crippen LogP contribution in [0, 0.1) is 0 Å². The smallest absolute Gasteiger partial charge is 0.00507 e. The van der Waals surface area contributed by atoms with Crippen molar-refractivity contribution in [1.82, 2.24) is 10.2 Å². The first-order chi connectivity index (χ1) is 9.29. The zero-order valence-electron chi connectivity index (χ0n) is 12.4. The summed E-state index contributed by atoms with van der Waals surface area (Å²) in [7, 11) is 2.05. The summed E-state index contributed by atoms with van der Waals surface area (Å²) in [5, 5.41) is 3.31. The van der Waals surface area contributed by atoms with Crippen molar-refractivity contribution in [3.05, 3.63) is 35.9 Å². The van der Waals surface area contributed by atoms with E-state index in [0.717, 1.165) is 5.92 Å². The Morgan fingerprint density at radius 3 is 2.79 bits per heavy atom. The fraction of sp³-hybridized carbons (Fsp3) is 0.647. The zero-order chi connectivity index (χ0) is 13.5. The van der Waals surface area contributed by atoms with E-state index >= 15 is 0 Å². The molecule has 0 amide bonds. The number of hydrogen-bond donors (Lipinski definition) is 1. The van der Waals surface area contributed by atoms with Gasteiger partial charge in [0.05, 0.1) is 0 Å². The van der Waals surface area contributed by atoms with Gasteiger partial charge in [0.1, 0.15) is 0 Å². The second-order valence-electron chi connectivity index (χ2n) is 5.88. The van der Waals surface area contributed by atoms with Gasteiger partial charge in [0.25, 0.3) is 0 Å². The van der Waals surface area contributed by atoms with Gasteiger partial charge < -0.3 is 10.2 Å². The quantitative estimate of drug-likeness (QED) is 0.757. The van der Waals surface area contributed by atoms with E-state index in [0.29, 0.717) is 6.04 Å². The summed E-state index contributed by atoms with van der Waals surface area (Å²) in [5.41, 5.74) is 1.52. The van der Waals surface area contributed by atoms with Crippen LogP contribution < -0.4 is 5.32 Å². The Balaban J connectivity index is 1.65. The summed E-state index contributed by atoms with van der Waals surface area (Å²) < 4.78 is 0. The van der Waals surface area contributed by atoms with Crippen molar-refractivity contribution in [3.8, 4) is 0 Å². The molecule has 1 aliphatic rings. The summed E-state index contributed by atoms with van der Waals surface area (Å²) in [4.78, 5) is 2.64. The molecule has 1 aromatic carbocycles. The molecule has 1 aromatic rings. The molecule has 2 unspecified atom stereocenters. The number of benzene rings is 1. The van der Waals surface area contributed by atoms with Crippen LogP contribution in [0.25, 0.3) is 0 Å². The van der Waals surface area contributed by atoms with Crippen LogP contribution in [0.1, 0.15) is 44.1 Å². The monoisotopic (exact) mass is 260 g/mol. The third-order valence-corrected chi connectivity index (χ3v) is 4.40. The minimum Gasteiger partial charge on any atom is -0.317 e. The average Bonchev–Trinajstić information content (AvgIpc) is 2.93. The summed E-state index contributed by atoms with van der Waals surface area (Å²) >= 11 is 0. The van der Waals surface area contributed by atoms with Gasteiger partial charge >= 0.3 is 0 Å². The molecule has 2 nitrogen and oxygen atoms in total. The number of nitrogens with zero attached hydrogens (tertiary/aromatic N) is 1. The van der Waals surface area contributed by atoms with E-state index in [-0.39, 0.29) is 0 Å². The van der Waals surface area contributed by atoms with Crippen molar-refractivity contribution in [2.24, 2.45) is 0 Å². The van der Waals surface area contributed by atoms with Crippen molar-refractivity contribution in [2.75, 3.05) is 26.7 Å². The number of rotatable bonds is 7. The third kappa shape index (κ3) is 4.63. The second kappa shape index (κ2) is 7.66. The molecule has 0 aliphatic carbocycles. The van der Waals surface area contributed by atoms with E-state index in [2.05, 4.69) is 54.5 Å². The molecule has 0 spiro atoms. The number of nitrogens with one attached hydrogen (secondary N) is 1. The van der Waals surface area contributed by atoms with Crippen molar-refractivity contribution in [2.45, 2.75) is 44.6 Å². The largest absolute Gasteiger partial charge is 0.317 e. The third-order valence-electron chi connectivity index (χ3n) is 4.40. The molecule has 0 radical (unpaired) electrons. The molecule has 1 N–H and O–H groups in total. The first kappa shape index (κ1) is 14.5. The lowest BCUT2D eigenvalue weighted by molar-refractivity contribution is 0.321. The van der Waals surface area contributed by atoms with Crippen LogP contribution in [0.2, 0.25) is 0 Å². The number of hydrogen-bond acceptors (Lipinski definition) is 2. The van der Waals surface area contributed by atoms with E-state index in [1.54, 1.807) is 0 Å². The van der Waals surface area contributed by atoms with Crippen LogP contribution in [0.3, 0.4) is 0 Å². The lowest BCUT2D eigenvalue weighted by Crippen LogP contribution is -2.23. The lowest BCUT2D eigenvalue weighted by atomic mass is 9.99. The highest BCUT2D eigenvalue weighted by Crippen LogP contribution is 2.26. The maximum atomic E-state index is 3.31. The highest BCUT2D eigenvalue weighted by Gasteiger charge is 2.22. The minimum absolute atomic E-state index is 0.663. The molecule has 1 fully saturated rings. The molecule has 2 rings (SSSR count). The molecule has 106 valence electrons. The SMILES string of the molecule is CNC(C)CCCCN1CCC(c2ccccc2)C1. The Morgan fingerprint density at radius 1 is 1.26 bits per heavy atom. The molecule has 1 heterocycles. The van der Waals surface area contributed by atoms with Crippen LogP contribution in [-0.4, -0.2) is 37.6 Å². The van der Waals surface area contributed by atoms with Gasteiger partial charge in [-0.15, -0.1) is 0 Å². The molecular weight excluding hydrogens is 232 g/mol. The molecule has 19 heavy (non-hydrogen) atoms. The Bertz CT molecular complexity index is 350. The van der Waals surface area contributed by atoms with Gasteiger partial charge in [-0.05, 0) is 57.8 Å². The Morgan fingerprint density at radius 2 is 2.05 bits per heavy atom. The van der Waals surface area contributed by atoms with Crippen molar-refractivity contribution < 1.29 is 0 Å². The van der Waals surface area contributed by atoms with E-state index in [4.69, 9.17) is 0 Å². The molecule has 1 aliphatic heterocycles. The van der Waals surface area contributed by atoms with Crippen LogP contribution in [0.15, 0.2) is 30.3 Å². The van der Waals surface area contributed by atoms with Gasteiger partial charge in [-0.25, -0.2) is 0 Å². The standard InChI is InChI=1S/C17H28N2/c1-15(18-2)8-6-7-12-19-13-11-17(14-19)16-9-4-3-5-10-16/h3-5,9-10,15,17-18H,6-8,11-14H2,1-2H3. The van der Waals surface area contributed by atoms with Crippen LogP contribution in [-0.2, 0) is 0 Å². The predicted molar refractivity (Wildman–Crippen MR) is 82.6 cm³/mol. The summed E-state index contributed by atoms with van der Waals surface area (Å²) in [5.74, 6) is 0.762. The van der Waals surface area contributed by atoms with E-state index in [1.165, 1.54) is 50.9 Å². The van der Waals surface area contributed by atoms with Gasteiger partial charge in [0, 0.05) is 12.6 Å². The highest BCUT2D eigenvalue weighted by atomic mass is 15.1. The van der Waals surface area contributed by atoms with Crippen LogP contribution in [0.5, 0.6) is 0 Å². The van der Waals surface area contributed by atoms with E-state index in [1.807, 2.05) is 0 Å². The van der Waals surface area contributed by atoms with Crippen LogP contribution >= 0.6 is 0 Å². The Labute approximate surface area is 118 Å². The fourth-order valence-corrected chi connectivity index (χ4v) is 2.96. The van der Waals surface area contributed by atoms with Gasteiger partial charge in [-0.2, -0.15) is 0 Å². The molecule has 0 aromatic heterocycles. The van der Waals surface area contributed by atoms with E-state index in [9.17, 15) is 0 Å². The Kier molecular flexibility index (Phi) is 5.87. The van der Waals surface area contributed by atoms with Gasteiger partial charge in [-0.1, -0.05) is 36.8 Å². The van der Waals surface area contributed by atoms with Crippen molar-refractivity contribution in [3.63, 3.8) is 0 Å². The fourth-order valence-electron chi connectivity index (χ4n) is 2.96. The molecule has 0 saturated carbocycles. The topological polar surface area (TPSA) is 15.3 Å². The Hall–Kier alpha value is -0.860. The maximum Gasteiger partial charge on any atom is 0.00507 e. The molecule has 2 heteroatoms.